The first kappa shape index (κ1) is 20.9. The van der Waals surface area contributed by atoms with Gasteiger partial charge in [-0.1, -0.05) is 28.1 Å². The molecule has 2 aromatic carbocycles. The summed E-state index contributed by atoms with van der Waals surface area (Å²) in [6.45, 7) is 1.99. The van der Waals surface area contributed by atoms with Gasteiger partial charge in [-0.05, 0) is 42.0 Å². The van der Waals surface area contributed by atoms with Gasteiger partial charge < -0.3 is 19.3 Å². The Morgan fingerprint density at radius 2 is 1.52 bits per heavy atom. The Morgan fingerprint density at radius 1 is 0.897 bits per heavy atom. The molecule has 1 aliphatic rings. The lowest BCUT2D eigenvalue weighted by molar-refractivity contribution is -0.127. The zero-order chi connectivity index (χ0) is 20.8. The van der Waals surface area contributed by atoms with Crippen molar-refractivity contribution in [2.45, 2.75) is 0 Å². The van der Waals surface area contributed by atoms with Crippen molar-refractivity contribution in [3.05, 3.63) is 64.1 Å². The van der Waals surface area contributed by atoms with Crippen molar-refractivity contribution in [1.29, 1.82) is 0 Å². The monoisotopic (exact) mass is 458 g/mol. The van der Waals surface area contributed by atoms with Crippen LogP contribution < -0.4 is 9.47 Å². The molecule has 0 radical (unpaired) electrons. The van der Waals surface area contributed by atoms with Crippen molar-refractivity contribution in [2.75, 3.05) is 40.4 Å². The maximum atomic E-state index is 12.8. The Hall–Kier alpha value is -2.80. The van der Waals surface area contributed by atoms with Crippen LogP contribution in [0.5, 0.6) is 11.5 Å². The molecule has 0 unspecified atom stereocenters. The summed E-state index contributed by atoms with van der Waals surface area (Å²) in [7, 11) is 3.10. The number of rotatable bonds is 5. The number of amides is 2. The first-order valence-electron chi connectivity index (χ1n) is 9.25. The van der Waals surface area contributed by atoms with Gasteiger partial charge in [0.2, 0.25) is 5.91 Å². The lowest BCUT2D eigenvalue weighted by atomic mass is 10.1. The molecule has 1 saturated heterocycles. The maximum absolute atomic E-state index is 12.8. The highest BCUT2D eigenvalue weighted by Gasteiger charge is 2.24. The topological polar surface area (TPSA) is 59.1 Å². The van der Waals surface area contributed by atoms with Crippen LogP contribution in [0.15, 0.2) is 53.0 Å². The van der Waals surface area contributed by atoms with Crippen LogP contribution in [0.3, 0.4) is 0 Å². The van der Waals surface area contributed by atoms with E-state index in [9.17, 15) is 9.59 Å². The number of piperazine rings is 1. The van der Waals surface area contributed by atoms with E-state index in [0.717, 1.165) is 10.0 Å². The summed E-state index contributed by atoms with van der Waals surface area (Å²) >= 11 is 3.39. The number of hydrogen-bond acceptors (Lipinski definition) is 4. The van der Waals surface area contributed by atoms with E-state index in [4.69, 9.17) is 9.47 Å². The molecular formula is C22H23BrN2O4. The fraction of sp³-hybridized carbons (Fsp3) is 0.273. The van der Waals surface area contributed by atoms with Crippen LogP contribution >= 0.6 is 15.9 Å². The number of halogens is 1. The summed E-state index contributed by atoms with van der Waals surface area (Å²) in [6, 6.07) is 12.9. The van der Waals surface area contributed by atoms with Gasteiger partial charge >= 0.3 is 0 Å². The highest BCUT2D eigenvalue weighted by atomic mass is 79.9. The summed E-state index contributed by atoms with van der Waals surface area (Å²) in [5, 5.41) is 0. The lowest BCUT2D eigenvalue weighted by Gasteiger charge is -2.34. The van der Waals surface area contributed by atoms with Crippen LogP contribution in [-0.2, 0) is 4.79 Å². The molecule has 1 aliphatic heterocycles. The molecule has 1 heterocycles. The SMILES string of the molecule is COc1ccc(C(=O)N2CCN(C(=O)/C=C/c3ccc(Br)cc3)CC2)cc1OC. The van der Waals surface area contributed by atoms with Crippen molar-refractivity contribution in [2.24, 2.45) is 0 Å². The summed E-state index contributed by atoms with van der Waals surface area (Å²) in [5.74, 6) is 0.969. The second-order valence-corrected chi connectivity index (χ2v) is 7.49. The number of nitrogens with zero attached hydrogens (tertiary/aromatic N) is 2. The highest BCUT2D eigenvalue weighted by molar-refractivity contribution is 9.10. The number of ether oxygens (including phenoxy) is 2. The summed E-state index contributed by atoms with van der Waals surface area (Å²) < 4.78 is 11.5. The third-order valence-corrected chi connectivity index (χ3v) is 5.33. The van der Waals surface area contributed by atoms with Gasteiger partial charge in [0, 0.05) is 42.3 Å². The molecule has 0 saturated carbocycles. The largest absolute Gasteiger partial charge is 0.493 e. The van der Waals surface area contributed by atoms with Gasteiger partial charge in [0.05, 0.1) is 14.2 Å². The maximum Gasteiger partial charge on any atom is 0.254 e. The fourth-order valence-electron chi connectivity index (χ4n) is 3.13. The molecule has 3 rings (SSSR count). The van der Waals surface area contributed by atoms with Gasteiger partial charge in [0.25, 0.3) is 5.91 Å². The van der Waals surface area contributed by atoms with Crippen molar-refractivity contribution >= 4 is 33.8 Å². The molecule has 0 N–H and O–H groups in total. The third kappa shape index (κ3) is 5.17. The molecule has 2 aromatic rings. The fourth-order valence-corrected chi connectivity index (χ4v) is 3.39. The van der Waals surface area contributed by atoms with Crippen LogP contribution in [0.1, 0.15) is 15.9 Å². The third-order valence-electron chi connectivity index (χ3n) is 4.80. The molecule has 0 aliphatic carbocycles. The molecule has 0 atom stereocenters. The van der Waals surface area contributed by atoms with E-state index in [0.29, 0.717) is 43.2 Å². The number of methoxy groups -OCH3 is 2. The average molecular weight is 459 g/mol. The minimum atomic E-state index is -0.0801. The minimum absolute atomic E-state index is 0.0499. The zero-order valence-electron chi connectivity index (χ0n) is 16.4. The van der Waals surface area contributed by atoms with E-state index in [1.807, 2.05) is 24.3 Å². The van der Waals surface area contributed by atoms with Gasteiger partial charge in [-0.15, -0.1) is 0 Å². The van der Waals surface area contributed by atoms with Gasteiger partial charge in [-0.3, -0.25) is 9.59 Å². The quantitative estimate of drug-likeness (QED) is 0.643. The summed E-state index contributed by atoms with van der Waals surface area (Å²) in [6.07, 6.45) is 3.38. The van der Waals surface area contributed by atoms with Crippen LogP contribution in [-0.4, -0.2) is 62.0 Å². The average Bonchev–Trinajstić information content (AvgIpc) is 2.77. The van der Waals surface area contributed by atoms with E-state index >= 15 is 0 Å². The van der Waals surface area contributed by atoms with Gasteiger partial charge in [-0.25, -0.2) is 0 Å². The number of hydrogen-bond donors (Lipinski definition) is 0. The first-order valence-corrected chi connectivity index (χ1v) is 10.0. The Morgan fingerprint density at radius 3 is 2.14 bits per heavy atom. The highest BCUT2D eigenvalue weighted by Crippen LogP contribution is 2.28. The molecule has 1 fully saturated rings. The Balaban J connectivity index is 1.57. The van der Waals surface area contributed by atoms with Crippen LogP contribution in [0.4, 0.5) is 0 Å². The molecule has 0 spiro atoms. The Kier molecular flexibility index (Phi) is 6.93. The predicted molar refractivity (Wildman–Crippen MR) is 115 cm³/mol. The molecule has 7 heteroatoms. The number of benzene rings is 2. The molecular weight excluding hydrogens is 436 g/mol. The Bertz CT molecular complexity index is 904. The molecule has 29 heavy (non-hydrogen) atoms. The van der Waals surface area contributed by atoms with Crippen LogP contribution in [0, 0.1) is 0 Å². The van der Waals surface area contributed by atoms with Crippen molar-refractivity contribution in [3.63, 3.8) is 0 Å². The summed E-state index contributed by atoms with van der Waals surface area (Å²) in [5.41, 5.74) is 1.50. The number of carbonyl (C=O) groups is 2. The van der Waals surface area contributed by atoms with Gasteiger partial charge in [0.1, 0.15) is 0 Å². The van der Waals surface area contributed by atoms with Gasteiger partial charge in [-0.2, -0.15) is 0 Å². The van der Waals surface area contributed by atoms with E-state index in [1.165, 1.54) is 7.11 Å². The van der Waals surface area contributed by atoms with Crippen LogP contribution in [0.2, 0.25) is 0 Å². The molecule has 6 nitrogen and oxygen atoms in total. The smallest absolute Gasteiger partial charge is 0.254 e. The van der Waals surface area contributed by atoms with E-state index < -0.39 is 0 Å². The standard InChI is InChI=1S/C22H23BrN2O4/c1-28-19-9-6-17(15-20(19)29-2)22(27)25-13-11-24(12-14-25)21(26)10-5-16-3-7-18(23)8-4-16/h3-10,15H,11-14H2,1-2H3/b10-5+. The first-order chi connectivity index (χ1) is 14.0. The summed E-state index contributed by atoms with van der Waals surface area (Å²) in [4.78, 5) is 28.7. The van der Waals surface area contributed by atoms with Crippen molar-refractivity contribution in [3.8, 4) is 11.5 Å². The molecule has 152 valence electrons. The normalized spacial score (nSPS) is 14.2. The second kappa shape index (κ2) is 9.60. The van der Waals surface area contributed by atoms with Crippen molar-refractivity contribution < 1.29 is 19.1 Å². The predicted octanol–water partition coefficient (Wildman–Crippen LogP) is 3.46. The molecule has 2 amide bonds. The van der Waals surface area contributed by atoms with Crippen LogP contribution in [0.25, 0.3) is 6.08 Å². The Labute approximate surface area is 178 Å². The molecule has 0 bridgehead atoms. The zero-order valence-corrected chi connectivity index (χ0v) is 18.0. The lowest BCUT2D eigenvalue weighted by Crippen LogP contribution is -2.50. The minimum Gasteiger partial charge on any atom is -0.493 e. The van der Waals surface area contributed by atoms with E-state index in [2.05, 4.69) is 15.9 Å². The van der Waals surface area contributed by atoms with E-state index in [1.54, 1.807) is 47.3 Å². The molecule has 0 aromatic heterocycles. The van der Waals surface area contributed by atoms with E-state index in [-0.39, 0.29) is 11.8 Å². The number of carbonyl (C=O) groups excluding carboxylic acids is 2. The van der Waals surface area contributed by atoms with Gasteiger partial charge in [0.15, 0.2) is 11.5 Å². The second-order valence-electron chi connectivity index (χ2n) is 6.57. The van der Waals surface area contributed by atoms with Crippen molar-refractivity contribution in [1.82, 2.24) is 9.80 Å².